The van der Waals surface area contributed by atoms with Gasteiger partial charge in [-0.25, -0.2) is 0 Å². The Morgan fingerprint density at radius 2 is 2.33 bits per heavy atom. The summed E-state index contributed by atoms with van der Waals surface area (Å²) in [5.41, 5.74) is 0. The molecule has 0 aromatic heterocycles. The number of ether oxygens (including phenoxy) is 1. The van der Waals surface area contributed by atoms with E-state index >= 15 is 0 Å². The number of fused-ring (bicyclic) bond motifs is 2. The first-order valence-electron chi connectivity index (χ1n) is 3.72. The third-order valence-electron chi connectivity index (χ3n) is 2.40. The van der Waals surface area contributed by atoms with Gasteiger partial charge in [-0.15, -0.1) is 0 Å². The van der Waals surface area contributed by atoms with Crippen LogP contribution in [0.4, 0.5) is 0 Å². The van der Waals surface area contributed by atoms with Crippen molar-refractivity contribution in [2.75, 3.05) is 0 Å². The van der Waals surface area contributed by atoms with Crippen LogP contribution in [0.25, 0.3) is 0 Å². The Morgan fingerprint density at radius 1 is 1.44 bits per heavy atom. The lowest BCUT2D eigenvalue weighted by atomic mass is 9.89. The fourth-order valence-corrected chi connectivity index (χ4v) is 1.85. The lowest BCUT2D eigenvalue weighted by Gasteiger charge is -2.13. The summed E-state index contributed by atoms with van der Waals surface area (Å²) >= 11 is 0. The van der Waals surface area contributed by atoms with E-state index in [1.807, 2.05) is 0 Å². The maximum Gasteiger partial charge on any atom is 0.0989 e. The highest BCUT2D eigenvalue weighted by Gasteiger charge is 2.32. The van der Waals surface area contributed by atoms with E-state index in [1.54, 1.807) is 0 Å². The zero-order valence-electron chi connectivity index (χ0n) is 5.60. The molecule has 2 fully saturated rings. The van der Waals surface area contributed by atoms with E-state index in [-0.39, 0.29) is 0 Å². The molecule has 2 aliphatic rings. The van der Waals surface area contributed by atoms with E-state index in [9.17, 15) is 0 Å². The van der Waals surface area contributed by atoms with E-state index in [0.29, 0.717) is 12.0 Å². The van der Waals surface area contributed by atoms with Gasteiger partial charge in [-0.05, 0) is 25.7 Å². The highest BCUT2D eigenvalue weighted by Crippen LogP contribution is 2.38. The largest absolute Gasteiger partial charge is 0.495 e. The standard InChI is InChI=1S/C8H12O/c1-6-7-3-2-4-8(5-7)9-6/h7-8H,1-5H2. The first-order valence-corrected chi connectivity index (χ1v) is 3.72. The molecule has 1 nitrogen and oxygen atoms in total. The van der Waals surface area contributed by atoms with Crippen molar-refractivity contribution in [3.63, 3.8) is 0 Å². The lowest BCUT2D eigenvalue weighted by molar-refractivity contribution is 0.152. The molecule has 50 valence electrons. The monoisotopic (exact) mass is 124 g/mol. The third-order valence-corrected chi connectivity index (χ3v) is 2.40. The molecule has 2 rings (SSSR count). The van der Waals surface area contributed by atoms with Gasteiger partial charge in [0.05, 0.1) is 11.9 Å². The van der Waals surface area contributed by atoms with E-state index < -0.39 is 0 Å². The van der Waals surface area contributed by atoms with Crippen molar-refractivity contribution in [1.29, 1.82) is 0 Å². The zero-order chi connectivity index (χ0) is 6.27. The topological polar surface area (TPSA) is 9.23 Å². The molecule has 9 heavy (non-hydrogen) atoms. The van der Waals surface area contributed by atoms with Crippen LogP contribution < -0.4 is 0 Å². The number of hydrogen-bond acceptors (Lipinski definition) is 1. The minimum atomic E-state index is 0.538. The minimum absolute atomic E-state index is 0.538. The SMILES string of the molecule is C=C1OC2CCCC1C2. The molecule has 0 aromatic carbocycles. The van der Waals surface area contributed by atoms with Crippen molar-refractivity contribution in [2.45, 2.75) is 31.8 Å². The summed E-state index contributed by atoms with van der Waals surface area (Å²) in [6.45, 7) is 3.87. The molecule has 0 radical (unpaired) electrons. The Balaban J connectivity index is 2.15. The van der Waals surface area contributed by atoms with Crippen LogP contribution in [0.3, 0.4) is 0 Å². The van der Waals surface area contributed by atoms with Gasteiger partial charge < -0.3 is 4.74 Å². The van der Waals surface area contributed by atoms with Crippen LogP contribution in [0.1, 0.15) is 25.7 Å². The molecule has 2 unspecified atom stereocenters. The number of rotatable bonds is 0. The maximum absolute atomic E-state index is 5.49. The summed E-state index contributed by atoms with van der Waals surface area (Å²) in [4.78, 5) is 0. The zero-order valence-corrected chi connectivity index (χ0v) is 5.60. The molecule has 1 aliphatic heterocycles. The summed E-state index contributed by atoms with van der Waals surface area (Å²) in [7, 11) is 0. The van der Waals surface area contributed by atoms with E-state index in [2.05, 4.69) is 6.58 Å². The molecule has 0 amide bonds. The average Bonchev–Trinajstić information content (AvgIpc) is 2.09. The van der Waals surface area contributed by atoms with Gasteiger partial charge in [-0.1, -0.05) is 6.58 Å². The second-order valence-electron chi connectivity index (χ2n) is 3.07. The van der Waals surface area contributed by atoms with Gasteiger partial charge in [-0.3, -0.25) is 0 Å². The van der Waals surface area contributed by atoms with Crippen molar-refractivity contribution in [1.82, 2.24) is 0 Å². The Hall–Kier alpha value is -0.460. The molecule has 1 aliphatic carbocycles. The van der Waals surface area contributed by atoms with Crippen LogP contribution in [0.5, 0.6) is 0 Å². The van der Waals surface area contributed by atoms with Gasteiger partial charge in [0.2, 0.25) is 0 Å². The molecular formula is C8H12O. The molecule has 1 heterocycles. The summed E-state index contributed by atoms with van der Waals surface area (Å²) in [5.74, 6) is 1.77. The predicted octanol–water partition coefficient (Wildman–Crippen LogP) is 2.09. The lowest BCUT2D eigenvalue weighted by Crippen LogP contribution is -2.09. The summed E-state index contributed by atoms with van der Waals surface area (Å²) in [6, 6.07) is 0. The Bertz CT molecular complexity index is 140. The normalized spacial score (nSPS) is 40.7. The average molecular weight is 124 g/mol. The fraction of sp³-hybridized carbons (Fsp3) is 0.750. The Labute approximate surface area is 55.7 Å². The van der Waals surface area contributed by atoms with Crippen molar-refractivity contribution in [2.24, 2.45) is 5.92 Å². The van der Waals surface area contributed by atoms with Gasteiger partial charge in [0.15, 0.2) is 0 Å². The molecule has 1 saturated carbocycles. The first kappa shape index (κ1) is 5.33. The van der Waals surface area contributed by atoms with Crippen LogP contribution in [0.15, 0.2) is 12.3 Å². The predicted molar refractivity (Wildman–Crippen MR) is 36.0 cm³/mol. The minimum Gasteiger partial charge on any atom is -0.495 e. The van der Waals surface area contributed by atoms with Gasteiger partial charge in [0.1, 0.15) is 0 Å². The molecule has 1 saturated heterocycles. The van der Waals surface area contributed by atoms with Crippen molar-refractivity contribution in [3.05, 3.63) is 12.3 Å². The molecule has 0 spiro atoms. The number of allylic oxidation sites excluding steroid dienone is 1. The van der Waals surface area contributed by atoms with Gasteiger partial charge in [-0.2, -0.15) is 0 Å². The summed E-state index contributed by atoms with van der Waals surface area (Å²) in [5, 5.41) is 0. The fourth-order valence-electron chi connectivity index (χ4n) is 1.85. The van der Waals surface area contributed by atoms with Crippen LogP contribution in [0.2, 0.25) is 0 Å². The first-order chi connectivity index (χ1) is 4.36. The number of hydrogen-bond donors (Lipinski definition) is 0. The highest BCUT2D eigenvalue weighted by molar-refractivity contribution is 5.01. The third kappa shape index (κ3) is 0.752. The smallest absolute Gasteiger partial charge is 0.0989 e. The van der Waals surface area contributed by atoms with Crippen LogP contribution in [-0.4, -0.2) is 6.10 Å². The highest BCUT2D eigenvalue weighted by atomic mass is 16.5. The molecule has 0 aromatic rings. The van der Waals surface area contributed by atoms with Crippen LogP contribution >= 0.6 is 0 Å². The second kappa shape index (κ2) is 1.76. The maximum atomic E-state index is 5.49. The second-order valence-corrected chi connectivity index (χ2v) is 3.07. The Kier molecular flexibility index (Phi) is 1.04. The van der Waals surface area contributed by atoms with Gasteiger partial charge >= 0.3 is 0 Å². The molecule has 2 atom stereocenters. The van der Waals surface area contributed by atoms with Gasteiger partial charge in [0.25, 0.3) is 0 Å². The van der Waals surface area contributed by atoms with Crippen LogP contribution in [-0.2, 0) is 4.74 Å². The van der Waals surface area contributed by atoms with Gasteiger partial charge in [0, 0.05) is 5.92 Å². The molecule has 2 bridgehead atoms. The van der Waals surface area contributed by atoms with Crippen LogP contribution in [0, 0.1) is 5.92 Å². The quantitative estimate of drug-likeness (QED) is 0.480. The molecule has 0 N–H and O–H groups in total. The van der Waals surface area contributed by atoms with Crippen molar-refractivity contribution in [3.8, 4) is 0 Å². The van der Waals surface area contributed by atoms with Crippen molar-refractivity contribution >= 4 is 0 Å². The summed E-state index contributed by atoms with van der Waals surface area (Å²) < 4.78 is 5.49. The van der Waals surface area contributed by atoms with Crippen molar-refractivity contribution < 1.29 is 4.74 Å². The molecule has 1 heteroatoms. The summed E-state index contributed by atoms with van der Waals surface area (Å²) in [6.07, 6.45) is 5.70. The van der Waals surface area contributed by atoms with E-state index in [1.165, 1.54) is 25.7 Å². The van der Waals surface area contributed by atoms with E-state index in [4.69, 9.17) is 4.74 Å². The molecular weight excluding hydrogens is 112 g/mol. The van der Waals surface area contributed by atoms with E-state index in [0.717, 1.165) is 5.76 Å². The Morgan fingerprint density at radius 3 is 3.00 bits per heavy atom.